The summed E-state index contributed by atoms with van der Waals surface area (Å²) in [5.74, 6) is 1.30. The van der Waals surface area contributed by atoms with Crippen LogP contribution in [0.2, 0.25) is 5.02 Å². The summed E-state index contributed by atoms with van der Waals surface area (Å²) in [5.41, 5.74) is 0. The van der Waals surface area contributed by atoms with Crippen molar-refractivity contribution >= 4 is 35.1 Å². The molecule has 1 heterocycles. The first kappa shape index (κ1) is 15.4. The third-order valence-electron chi connectivity index (χ3n) is 2.51. The van der Waals surface area contributed by atoms with Crippen LogP contribution in [0.15, 0.2) is 6.20 Å². The van der Waals surface area contributed by atoms with Gasteiger partial charge < -0.3 is 10.6 Å². The highest BCUT2D eigenvalue weighted by molar-refractivity contribution is 7.99. The van der Waals surface area contributed by atoms with Gasteiger partial charge in [-0.05, 0) is 26.5 Å². The summed E-state index contributed by atoms with van der Waals surface area (Å²) in [6.45, 7) is 8.12. The normalized spacial score (nSPS) is 11.4. The van der Waals surface area contributed by atoms with Crippen LogP contribution in [-0.4, -0.2) is 34.1 Å². The van der Waals surface area contributed by atoms with Crippen molar-refractivity contribution in [2.24, 2.45) is 0 Å². The first-order valence-electron chi connectivity index (χ1n) is 6.04. The van der Waals surface area contributed by atoms with Crippen molar-refractivity contribution < 1.29 is 0 Å². The fourth-order valence-electron chi connectivity index (χ4n) is 1.18. The molecule has 0 aliphatic carbocycles. The number of rotatable bonds is 7. The molecule has 1 aromatic heterocycles. The highest BCUT2D eigenvalue weighted by atomic mass is 35.5. The quantitative estimate of drug-likeness (QED) is 0.804. The minimum atomic E-state index is 0.144. The fourth-order valence-corrected chi connectivity index (χ4v) is 1.56. The van der Waals surface area contributed by atoms with Gasteiger partial charge in [0, 0.05) is 17.8 Å². The van der Waals surface area contributed by atoms with Crippen molar-refractivity contribution in [1.29, 1.82) is 0 Å². The van der Waals surface area contributed by atoms with E-state index in [2.05, 4.69) is 47.6 Å². The Kier molecular flexibility index (Phi) is 6.02. The molecule has 0 saturated carbocycles. The first-order chi connectivity index (χ1) is 8.48. The second-order valence-corrected chi connectivity index (χ2v) is 6.55. The zero-order chi connectivity index (χ0) is 13.6. The molecule has 0 radical (unpaired) electrons. The second-order valence-electron chi connectivity index (χ2n) is 4.63. The Morgan fingerprint density at radius 2 is 2.11 bits per heavy atom. The van der Waals surface area contributed by atoms with Gasteiger partial charge in [-0.25, -0.2) is 4.98 Å². The lowest BCUT2D eigenvalue weighted by Crippen LogP contribution is -2.26. The number of halogens is 1. The van der Waals surface area contributed by atoms with Gasteiger partial charge in [0.05, 0.1) is 6.20 Å². The maximum atomic E-state index is 6.08. The molecule has 0 unspecified atom stereocenters. The average Bonchev–Trinajstić information content (AvgIpc) is 2.36. The van der Waals surface area contributed by atoms with E-state index in [-0.39, 0.29) is 4.75 Å². The van der Waals surface area contributed by atoms with Crippen LogP contribution in [0.4, 0.5) is 11.8 Å². The minimum Gasteiger partial charge on any atom is -0.367 e. The van der Waals surface area contributed by atoms with E-state index in [4.69, 9.17) is 11.6 Å². The number of hydrogen-bond donors (Lipinski definition) is 2. The van der Waals surface area contributed by atoms with Gasteiger partial charge in [-0.2, -0.15) is 16.7 Å². The molecule has 0 fully saturated rings. The highest BCUT2D eigenvalue weighted by Crippen LogP contribution is 2.24. The van der Waals surface area contributed by atoms with E-state index in [1.165, 1.54) is 0 Å². The number of hydrogen-bond acceptors (Lipinski definition) is 5. The number of nitrogens with one attached hydrogen (secondary N) is 2. The average molecular weight is 289 g/mol. The summed E-state index contributed by atoms with van der Waals surface area (Å²) in [5, 5.41) is 6.97. The zero-order valence-electron chi connectivity index (χ0n) is 11.4. The lowest BCUT2D eigenvalue weighted by Gasteiger charge is -2.22. The van der Waals surface area contributed by atoms with Crippen molar-refractivity contribution in [2.45, 2.75) is 31.9 Å². The van der Waals surface area contributed by atoms with E-state index in [0.29, 0.717) is 16.8 Å². The Morgan fingerprint density at radius 3 is 2.72 bits per heavy atom. The van der Waals surface area contributed by atoms with E-state index in [1.807, 2.05) is 0 Å². The van der Waals surface area contributed by atoms with Crippen LogP contribution in [0, 0.1) is 0 Å². The van der Waals surface area contributed by atoms with Gasteiger partial charge in [0.25, 0.3) is 0 Å². The minimum absolute atomic E-state index is 0.144. The van der Waals surface area contributed by atoms with Crippen molar-refractivity contribution in [1.82, 2.24) is 9.97 Å². The standard InChI is InChI=1S/C12H21ClN4S/c1-5-6-14-11-15-7-9(13)10(17-11)16-8-12(2,3)18-4/h7H,5-6,8H2,1-4H3,(H2,14,15,16,17). The second kappa shape index (κ2) is 7.04. The Bertz CT molecular complexity index is 384. The molecular formula is C12H21ClN4S. The van der Waals surface area contributed by atoms with E-state index in [0.717, 1.165) is 19.5 Å². The van der Waals surface area contributed by atoms with Crippen LogP contribution >= 0.6 is 23.4 Å². The van der Waals surface area contributed by atoms with Gasteiger partial charge in [0.15, 0.2) is 5.82 Å². The van der Waals surface area contributed by atoms with Crippen LogP contribution < -0.4 is 10.6 Å². The molecule has 102 valence electrons. The Labute approximate surface area is 118 Å². The molecule has 0 atom stereocenters. The monoisotopic (exact) mass is 288 g/mol. The van der Waals surface area contributed by atoms with Crippen LogP contribution in [-0.2, 0) is 0 Å². The molecule has 0 aromatic carbocycles. The number of anilines is 2. The van der Waals surface area contributed by atoms with Crippen molar-refractivity contribution in [3.63, 3.8) is 0 Å². The van der Waals surface area contributed by atoms with E-state index >= 15 is 0 Å². The van der Waals surface area contributed by atoms with Gasteiger partial charge in [-0.15, -0.1) is 0 Å². The lowest BCUT2D eigenvalue weighted by molar-refractivity contribution is 0.750. The van der Waals surface area contributed by atoms with Gasteiger partial charge >= 0.3 is 0 Å². The molecule has 6 heteroatoms. The molecule has 1 rings (SSSR count). The third kappa shape index (κ3) is 4.90. The highest BCUT2D eigenvalue weighted by Gasteiger charge is 2.16. The summed E-state index contributed by atoms with van der Waals surface area (Å²) in [6.07, 6.45) is 4.76. The summed E-state index contributed by atoms with van der Waals surface area (Å²) in [6, 6.07) is 0. The summed E-state index contributed by atoms with van der Waals surface area (Å²) in [4.78, 5) is 8.51. The van der Waals surface area contributed by atoms with Gasteiger partial charge in [0.2, 0.25) is 5.95 Å². The van der Waals surface area contributed by atoms with Gasteiger partial charge in [-0.3, -0.25) is 0 Å². The molecule has 0 saturated heterocycles. The predicted molar refractivity (Wildman–Crippen MR) is 81.9 cm³/mol. The molecule has 0 amide bonds. The third-order valence-corrected chi connectivity index (χ3v) is 4.04. The molecule has 2 N–H and O–H groups in total. The Morgan fingerprint density at radius 1 is 1.39 bits per heavy atom. The van der Waals surface area contributed by atoms with Crippen LogP contribution in [0.3, 0.4) is 0 Å². The Hall–Kier alpha value is -0.680. The molecule has 0 spiro atoms. The maximum Gasteiger partial charge on any atom is 0.224 e. The SMILES string of the molecule is CCCNc1ncc(Cl)c(NCC(C)(C)SC)n1. The van der Waals surface area contributed by atoms with Crippen molar-refractivity contribution in [3.05, 3.63) is 11.2 Å². The summed E-state index contributed by atoms with van der Waals surface area (Å²) >= 11 is 7.89. The van der Waals surface area contributed by atoms with E-state index in [1.54, 1.807) is 18.0 Å². The summed E-state index contributed by atoms with van der Waals surface area (Å²) < 4.78 is 0.144. The first-order valence-corrected chi connectivity index (χ1v) is 7.64. The van der Waals surface area contributed by atoms with Gasteiger partial charge in [-0.1, -0.05) is 18.5 Å². The van der Waals surface area contributed by atoms with Crippen molar-refractivity contribution in [3.8, 4) is 0 Å². The van der Waals surface area contributed by atoms with Crippen LogP contribution in [0.5, 0.6) is 0 Å². The topological polar surface area (TPSA) is 49.8 Å². The van der Waals surface area contributed by atoms with Crippen molar-refractivity contribution in [2.75, 3.05) is 30.0 Å². The molecule has 18 heavy (non-hydrogen) atoms. The van der Waals surface area contributed by atoms with Crippen LogP contribution in [0.1, 0.15) is 27.2 Å². The maximum absolute atomic E-state index is 6.08. The zero-order valence-corrected chi connectivity index (χ0v) is 13.0. The fraction of sp³-hybridized carbons (Fsp3) is 0.667. The van der Waals surface area contributed by atoms with E-state index < -0.39 is 0 Å². The van der Waals surface area contributed by atoms with E-state index in [9.17, 15) is 0 Å². The predicted octanol–water partition coefficient (Wildman–Crippen LogP) is 3.51. The molecule has 0 aliphatic rings. The molecule has 0 aliphatic heterocycles. The lowest BCUT2D eigenvalue weighted by atomic mass is 10.2. The number of nitrogens with zero attached hydrogens (tertiary/aromatic N) is 2. The summed E-state index contributed by atoms with van der Waals surface area (Å²) in [7, 11) is 0. The molecular weight excluding hydrogens is 268 g/mol. The largest absolute Gasteiger partial charge is 0.367 e. The van der Waals surface area contributed by atoms with Gasteiger partial charge in [0.1, 0.15) is 5.02 Å². The number of aromatic nitrogens is 2. The smallest absolute Gasteiger partial charge is 0.224 e. The molecule has 4 nitrogen and oxygen atoms in total. The molecule has 0 bridgehead atoms. The molecule has 1 aromatic rings. The number of thioether (sulfide) groups is 1. The van der Waals surface area contributed by atoms with Crippen LogP contribution in [0.25, 0.3) is 0 Å². The Balaban J connectivity index is 2.69.